The van der Waals surface area contributed by atoms with Crippen LogP contribution in [0.4, 0.5) is 17.6 Å². The van der Waals surface area contributed by atoms with Crippen molar-refractivity contribution in [1.29, 1.82) is 5.26 Å². The zero-order valence-corrected chi connectivity index (χ0v) is 8.36. The van der Waals surface area contributed by atoms with Crippen LogP contribution in [-0.2, 0) is 0 Å². The van der Waals surface area contributed by atoms with Crippen molar-refractivity contribution in [3.63, 3.8) is 0 Å². The third kappa shape index (κ3) is 3.06. The summed E-state index contributed by atoms with van der Waals surface area (Å²) < 4.78 is 51.6. The molecule has 0 fully saturated rings. The Morgan fingerprint density at radius 3 is 2.53 bits per heavy atom. The molecule has 1 rings (SSSR count). The second-order valence-corrected chi connectivity index (χ2v) is 3.08. The molecule has 0 unspecified atom stereocenters. The smallest absolute Gasteiger partial charge is 0.402 e. The van der Waals surface area contributed by atoms with E-state index in [0.29, 0.717) is 6.07 Å². The Morgan fingerprint density at radius 2 is 2.07 bits per heavy atom. The molecule has 0 bridgehead atoms. The zero-order valence-electron chi connectivity index (χ0n) is 6.77. The lowest BCUT2D eigenvalue weighted by atomic mass is 10.3. The first kappa shape index (κ1) is 11.7. The summed E-state index contributed by atoms with van der Waals surface area (Å²) in [6, 6.07) is 1.98. The Bertz CT molecular complexity index is 426. The molecule has 0 aliphatic heterocycles. The van der Waals surface area contributed by atoms with Crippen LogP contribution in [-0.4, -0.2) is 11.3 Å². The lowest BCUT2D eigenvalue weighted by Crippen LogP contribution is -2.18. The Morgan fingerprint density at radius 1 is 1.47 bits per heavy atom. The van der Waals surface area contributed by atoms with E-state index in [4.69, 9.17) is 5.26 Å². The minimum Gasteiger partial charge on any atom is -0.402 e. The fourth-order valence-electron chi connectivity index (χ4n) is 0.749. The molecule has 0 saturated carbocycles. The predicted molar refractivity (Wildman–Crippen MR) is 43.3 cm³/mol. The molecule has 3 nitrogen and oxygen atoms in total. The number of aromatic nitrogens is 1. The van der Waals surface area contributed by atoms with Gasteiger partial charge in [-0.2, -0.15) is 9.65 Å². The lowest BCUT2D eigenvalue weighted by molar-refractivity contribution is -0.275. The second kappa shape index (κ2) is 4.02. The van der Waals surface area contributed by atoms with Crippen molar-refractivity contribution < 1.29 is 22.3 Å². The Balaban J connectivity index is 3.20. The number of rotatable bonds is 1. The highest BCUT2D eigenvalue weighted by atomic mass is 79.9. The molecule has 0 aliphatic carbocycles. The Labute approximate surface area is 89.4 Å². The average Bonchev–Trinajstić information content (AvgIpc) is 2.08. The largest absolute Gasteiger partial charge is 0.573 e. The summed E-state index contributed by atoms with van der Waals surface area (Å²) in [5, 5.41) is 8.36. The van der Waals surface area contributed by atoms with E-state index < -0.39 is 23.6 Å². The summed E-state index contributed by atoms with van der Waals surface area (Å²) in [7, 11) is 0. The van der Waals surface area contributed by atoms with Gasteiger partial charge in [-0.15, -0.1) is 13.2 Å². The van der Waals surface area contributed by atoms with Gasteiger partial charge in [-0.3, -0.25) is 0 Å². The third-order valence-electron chi connectivity index (χ3n) is 1.22. The van der Waals surface area contributed by atoms with Gasteiger partial charge in [0.05, 0.1) is 0 Å². The van der Waals surface area contributed by atoms with Gasteiger partial charge in [0.25, 0.3) is 0 Å². The highest BCUT2D eigenvalue weighted by Crippen LogP contribution is 2.28. The van der Waals surface area contributed by atoms with E-state index in [-0.39, 0.29) is 4.60 Å². The lowest BCUT2D eigenvalue weighted by Gasteiger charge is -2.09. The topological polar surface area (TPSA) is 45.9 Å². The fraction of sp³-hybridized carbons (Fsp3) is 0.143. The molecule has 0 N–H and O–H groups in total. The molecule has 0 amide bonds. The first-order chi connectivity index (χ1) is 6.83. The van der Waals surface area contributed by atoms with Gasteiger partial charge in [0.2, 0.25) is 5.82 Å². The van der Waals surface area contributed by atoms with Crippen molar-refractivity contribution in [1.82, 2.24) is 4.98 Å². The van der Waals surface area contributed by atoms with Crippen LogP contribution in [0.5, 0.6) is 5.75 Å². The number of halogens is 5. The van der Waals surface area contributed by atoms with Gasteiger partial charge < -0.3 is 4.74 Å². The number of hydrogen-bond donors (Lipinski definition) is 0. The van der Waals surface area contributed by atoms with E-state index in [1.807, 2.05) is 0 Å². The van der Waals surface area contributed by atoms with E-state index >= 15 is 0 Å². The molecule has 8 heteroatoms. The van der Waals surface area contributed by atoms with Crippen molar-refractivity contribution >= 4 is 15.9 Å². The molecule has 0 spiro atoms. The number of hydrogen-bond acceptors (Lipinski definition) is 3. The summed E-state index contributed by atoms with van der Waals surface area (Å²) in [5.41, 5.74) is -0.774. The molecule has 1 aromatic heterocycles. The molecule has 1 aromatic rings. The van der Waals surface area contributed by atoms with Crippen LogP contribution in [0.25, 0.3) is 0 Å². The van der Waals surface area contributed by atoms with Crippen LogP contribution in [0.1, 0.15) is 5.69 Å². The van der Waals surface area contributed by atoms with Crippen LogP contribution >= 0.6 is 15.9 Å². The van der Waals surface area contributed by atoms with Crippen molar-refractivity contribution in [3.8, 4) is 11.8 Å². The maximum atomic E-state index is 13.1. The average molecular weight is 285 g/mol. The number of nitriles is 1. The van der Waals surface area contributed by atoms with Gasteiger partial charge in [0.1, 0.15) is 10.7 Å². The highest BCUT2D eigenvalue weighted by molar-refractivity contribution is 9.10. The Hall–Kier alpha value is -1.36. The van der Waals surface area contributed by atoms with Gasteiger partial charge in [0, 0.05) is 6.07 Å². The maximum absolute atomic E-state index is 13.1. The van der Waals surface area contributed by atoms with Crippen LogP contribution in [0, 0.1) is 17.1 Å². The molecule has 0 atom stereocenters. The van der Waals surface area contributed by atoms with Gasteiger partial charge in [0.15, 0.2) is 11.4 Å². The summed E-state index contributed by atoms with van der Waals surface area (Å²) in [6.45, 7) is 0. The van der Waals surface area contributed by atoms with Crippen molar-refractivity contribution in [2.24, 2.45) is 0 Å². The van der Waals surface area contributed by atoms with Crippen LogP contribution in [0.15, 0.2) is 10.7 Å². The van der Waals surface area contributed by atoms with E-state index in [2.05, 4.69) is 25.7 Å². The van der Waals surface area contributed by atoms with E-state index in [9.17, 15) is 17.6 Å². The SMILES string of the molecule is N#Cc1nc(Br)cc(OC(F)(F)F)c1F. The third-order valence-corrected chi connectivity index (χ3v) is 1.63. The summed E-state index contributed by atoms with van der Waals surface area (Å²) in [5.74, 6) is -2.54. The number of ether oxygens (including phenoxy) is 1. The molecule has 15 heavy (non-hydrogen) atoms. The van der Waals surface area contributed by atoms with Crippen molar-refractivity contribution in [2.75, 3.05) is 0 Å². The van der Waals surface area contributed by atoms with Gasteiger partial charge in [-0.1, -0.05) is 0 Å². The van der Waals surface area contributed by atoms with Gasteiger partial charge >= 0.3 is 6.36 Å². The van der Waals surface area contributed by atoms with Crippen LogP contribution in [0.3, 0.4) is 0 Å². The molecule has 80 valence electrons. The molecule has 0 radical (unpaired) electrons. The summed E-state index contributed by atoms with van der Waals surface area (Å²) in [6.07, 6.45) is -5.02. The highest BCUT2D eigenvalue weighted by Gasteiger charge is 2.33. The number of alkyl halides is 3. The van der Waals surface area contributed by atoms with E-state index in [0.717, 1.165) is 0 Å². The minimum absolute atomic E-state index is 0.125. The molecule has 0 saturated heterocycles. The standard InChI is InChI=1S/C7HBrF4N2O/c8-5-1-4(15-7(10,11)12)6(9)3(2-13)14-5/h1H. The first-order valence-electron chi connectivity index (χ1n) is 3.35. The quantitative estimate of drug-likeness (QED) is 0.588. The maximum Gasteiger partial charge on any atom is 0.573 e. The van der Waals surface area contributed by atoms with E-state index in [1.54, 1.807) is 0 Å². The monoisotopic (exact) mass is 284 g/mol. The summed E-state index contributed by atoms with van der Waals surface area (Å²) >= 11 is 2.72. The number of pyridine rings is 1. The predicted octanol–water partition coefficient (Wildman–Crippen LogP) is 2.75. The van der Waals surface area contributed by atoms with E-state index in [1.165, 1.54) is 6.07 Å². The zero-order chi connectivity index (χ0) is 11.6. The first-order valence-corrected chi connectivity index (χ1v) is 4.14. The van der Waals surface area contributed by atoms with Crippen molar-refractivity contribution in [2.45, 2.75) is 6.36 Å². The molecule has 1 heterocycles. The molecule has 0 aliphatic rings. The van der Waals surface area contributed by atoms with Crippen LogP contribution in [0.2, 0.25) is 0 Å². The molecular formula is C7HBrF4N2O. The Kier molecular flexibility index (Phi) is 3.14. The second-order valence-electron chi connectivity index (χ2n) is 2.27. The summed E-state index contributed by atoms with van der Waals surface area (Å²) in [4.78, 5) is 3.32. The fourth-order valence-corrected chi connectivity index (χ4v) is 1.13. The number of nitrogens with zero attached hydrogens (tertiary/aromatic N) is 2. The minimum atomic E-state index is -5.02. The molecule has 0 aromatic carbocycles. The molecular weight excluding hydrogens is 284 g/mol. The van der Waals surface area contributed by atoms with Crippen molar-refractivity contribution in [3.05, 3.63) is 22.2 Å². The van der Waals surface area contributed by atoms with Gasteiger partial charge in [-0.25, -0.2) is 4.98 Å². The van der Waals surface area contributed by atoms with Crippen LogP contribution < -0.4 is 4.74 Å². The normalized spacial score (nSPS) is 10.9. The van der Waals surface area contributed by atoms with Gasteiger partial charge in [-0.05, 0) is 15.9 Å².